The van der Waals surface area contributed by atoms with Crippen LogP contribution in [0.4, 0.5) is 0 Å². The third-order valence-electron chi connectivity index (χ3n) is 1.61. The maximum Gasteiger partial charge on any atom is 0.0464 e. The number of hydrazone groups is 1. The maximum atomic E-state index is 3.63. The Morgan fingerprint density at radius 2 is 2.11 bits per heavy atom. The van der Waals surface area contributed by atoms with Gasteiger partial charge in [-0.2, -0.15) is 5.10 Å². The van der Waals surface area contributed by atoms with E-state index in [0.717, 1.165) is 13.1 Å². The van der Waals surface area contributed by atoms with Gasteiger partial charge < -0.3 is 10.7 Å². The van der Waals surface area contributed by atoms with Crippen molar-refractivity contribution in [3.05, 3.63) is 0 Å². The molecule has 0 aromatic heterocycles. The van der Waals surface area contributed by atoms with Crippen LogP contribution in [-0.2, 0) is 0 Å². The molecule has 0 saturated carbocycles. The molecule has 0 bridgehead atoms. The summed E-state index contributed by atoms with van der Waals surface area (Å²) in [5.74, 6) is 0. The summed E-state index contributed by atoms with van der Waals surface area (Å²) in [6.45, 7) is 5.58. The molecule has 1 rings (SSSR count). The van der Waals surface area contributed by atoms with Gasteiger partial charge in [-0.05, 0) is 25.9 Å². The standard InChI is InChI=1S/C6H13N3/c1-7-9-6-2-4-8-5-3-6/h6,8-9H,1-5H2. The third-order valence-corrected chi connectivity index (χ3v) is 1.61. The zero-order chi connectivity index (χ0) is 6.53. The average molecular weight is 127 g/mol. The van der Waals surface area contributed by atoms with Crippen molar-refractivity contribution in [2.75, 3.05) is 13.1 Å². The molecule has 52 valence electrons. The second-order valence-corrected chi connectivity index (χ2v) is 2.31. The minimum Gasteiger partial charge on any atom is -0.317 e. The summed E-state index contributed by atoms with van der Waals surface area (Å²) in [5, 5.41) is 6.90. The monoisotopic (exact) mass is 127 g/mol. The van der Waals surface area contributed by atoms with Gasteiger partial charge in [0.1, 0.15) is 0 Å². The first kappa shape index (κ1) is 6.55. The molecule has 0 aromatic rings. The third kappa shape index (κ3) is 2.01. The van der Waals surface area contributed by atoms with Crippen LogP contribution in [0.1, 0.15) is 12.8 Å². The summed E-state index contributed by atoms with van der Waals surface area (Å²) in [6.07, 6.45) is 2.33. The van der Waals surface area contributed by atoms with Crippen molar-refractivity contribution in [2.24, 2.45) is 5.10 Å². The number of hydrogen-bond acceptors (Lipinski definition) is 3. The molecule has 2 N–H and O–H groups in total. The molecule has 9 heavy (non-hydrogen) atoms. The Bertz CT molecular complexity index is 86.3. The van der Waals surface area contributed by atoms with Crippen molar-refractivity contribution in [1.29, 1.82) is 0 Å². The first-order chi connectivity index (χ1) is 4.43. The van der Waals surface area contributed by atoms with Crippen LogP contribution in [0, 0.1) is 0 Å². The lowest BCUT2D eigenvalue weighted by molar-refractivity contribution is 0.396. The minimum absolute atomic E-state index is 0.559. The van der Waals surface area contributed by atoms with Crippen molar-refractivity contribution in [2.45, 2.75) is 18.9 Å². The summed E-state index contributed by atoms with van der Waals surface area (Å²) in [7, 11) is 0. The van der Waals surface area contributed by atoms with E-state index in [-0.39, 0.29) is 0 Å². The van der Waals surface area contributed by atoms with Gasteiger partial charge in [-0.25, -0.2) is 0 Å². The van der Waals surface area contributed by atoms with E-state index in [9.17, 15) is 0 Å². The molecule has 0 radical (unpaired) electrons. The molecule has 3 heteroatoms. The van der Waals surface area contributed by atoms with Crippen LogP contribution in [0.2, 0.25) is 0 Å². The predicted molar refractivity (Wildman–Crippen MR) is 38.6 cm³/mol. The fourth-order valence-electron chi connectivity index (χ4n) is 1.08. The van der Waals surface area contributed by atoms with E-state index in [1.807, 2.05) is 0 Å². The Hall–Kier alpha value is -0.570. The highest BCUT2D eigenvalue weighted by Gasteiger charge is 2.09. The number of nitrogens with zero attached hydrogens (tertiary/aromatic N) is 1. The first-order valence-corrected chi connectivity index (χ1v) is 3.35. The van der Waals surface area contributed by atoms with Crippen LogP contribution in [0.5, 0.6) is 0 Å². The smallest absolute Gasteiger partial charge is 0.0464 e. The zero-order valence-corrected chi connectivity index (χ0v) is 5.56. The predicted octanol–water partition coefficient (Wildman–Crippen LogP) is -0.0564. The van der Waals surface area contributed by atoms with Crippen molar-refractivity contribution in [3.8, 4) is 0 Å². The second kappa shape index (κ2) is 3.45. The van der Waals surface area contributed by atoms with E-state index < -0.39 is 0 Å². The van der Waals surface area contributed by atoms with Gasteiger partial charge in [-0.15, -0.1) is 0 Å². The Kier molecular flexibility index (Phi) is 2.51. The summed E-state index contributed by atoms with van der Waals surface area (Å²) in [4.78, 5) is 0. The van der Waals surface area contributed by atoms with Crippen LogP contribution in [0.25, 0.3) is 0 Å². The number of hydrogen-bond donors (Lipinski definition) is 2. The highest BCUT2D eigenvalue weighted by atomic mass is 15.3. The van der Waals surface area contributed by atoms with Crippen molar-refractivity contribution >= 4 is 6.72 Å². The van der Waals surface area contributed by atoms with E-state index in [0.29, 0.717) is 6.04 Å². The summed E-state index contributed by atoms with van der Waals surface area (Å²) >= 11 is 0. The van der Waals surface area contributed by atoms with Crippen LogP contribution in [0.15, 0.2) is 5.10 Å². The van der Waals surface area contributed by atoms with Crippen molar-refractivity contribution < 1.29 is 0 Å². The quantitative estimate of drug-likeness (QED) is 0.403. The second-order valence-electron chi connectivity index (χ2n) is 2.31. The minimum atomic E-state index is 0.559. The SMILES string of the molecule is C=NNC1CCNCC1. The molecule has 1 aliphatic rings. The molecule has 1 saturated heterocycles. The summed E-state index contributed by atoms with van der Waals surface area (Å²) in [5.41, 5.74) is 2.96. The van der Waals surface area contributed by atoms with Crippen LogP contribution in [-0.4, -0.2) is 25.8 Å². The Balaban J connectivity index is 2.15. The average Bonchev–Trinajstić information content (AvgIpc) is 1.91. The zero-order valence-electron chi connectivity index (χ0n) is 5.56. The molecule has 1 aliphatic heterocycles. The van der Waals surface area contributed by atoms with Crippen molar-refractivity contribution in [3.63, 3.8) is 0 Å². The van der Waals surface area contributed by atoms with Crippen LogP contribution >= 0.6 is 0 Å². The van der Waals surface area contributed by atoms with E-state index in [4.69, 9.17) is 0 Å². The lowest BCUT2D eigenvalue weighted by atomic mass is 10.1. The Morgan fingerprint density at radius 1 is 1.44 bits per heavy atom. The lowest BCUT2D eigenvalue weighted by Gasteiger charge is -2.21. The van der Waals surface area contributed by atoms with E-state index in [2.05, 4.69) is 22.6 Å². The van der Waals surface area contributed by atoms with Gasteiger partial charge >= 0.3 is 0 Å². The highest BCUT2D eigenvalue weighted by molar-refractivity contribution is 5.22. The molecule has 1 heterocycles. The lowest BCUT2D eigenvalue weighted by Crippen LogP contribution is -2.37. The molecule has 0 atom stereocenters. The molecular formula is C6H13N3. The molecule has 3 nitrogen and oxygen atoms in total. The van der Waals surface area contributed by atoms with Gasteiger partial charge in [0.15, 0.2) is 0 Å². The van der Waals surface area contributed by atoms with Gasteiger partial charge in [0.25, 0.3) is 0 Å². The maximum absolute atomic E-state index is 3.63. The van der Waals surface area contributed by atoms with Gasteiger partial charge in [-0.3, -0.25) is 0 Å². The molecule has 0 unspecified atom stereocenters. The normalized spacial score (nSPS) is 21.3. The van der Waals surface area contributed by atoms with E-state index in [1.54, 1.807) is 0 Å². The summed E-state index contributed by atoms with van der Waals surface area (Å²) in [6, 6.07) is 0.559. The van der Waals surface area contributed by atoms with E-state index in [1.165, 1.54) is 12.8 Å². The largest absolute Gasteiger partial charge is 0.317 e. The number of nitrogens with one attached hydrogen (secondary N) is 2. The molecule has 1 fully saturated rings. The van der Waals surface area contributed by atoms with Gasteiger partial charge in [0.2, 0.25) is 0 Å². The Labute approximate surface area is 55.5 Å². The molecule has 0 aliphatic carbocycles. The molecule has 0 aromatic carbocycles. The van der Waals surface area contributed by atoms with Gasteiger partial charge in [0, 0.05) is 12.8 Å². The first-order valence-electron chi connectivity index (χ1n) is 3.35. The fraction of sp³-hybridized carbons (Fsp3) is 0.833. The molecule has 0 spiro atoms. The molecular weight excluding hydrogens is 114 g/mol. The number of rotatable bonds is 2. The van der Waals surface area contributed by atoms with Crippen LogP contribution in [0.3, 0.4) is 0 Å². The topological polar surface area (TPSA) is 36.4 Å². The van der Waals surface area contributed by atoms with Gasteiger partial charge in [0.05, 0.1) is 0 Å². The highest BCUT2D eigenvalue weighted by Crippen LogP contribution is 2.00. The fourth-order valence-corrected chi connectivity index (χ4v) is 1.08. The van der Waals surface area contributed by atoms with Crippen LogP contribution < -0.4 is 10.7 Å². The van der Waals surface area contributed by atoms with Gasteiger partial charge in [-0.1, -0.05) is 0 Å². The molecule has 0 amide bonds. The Morgan fingerprint density at radius 3 is 2.67 bits per heavy atom. The van der Waals surface area contributed by atoms with E-state index >= 15 is 0 Å². The number of piperidine rings is 1. The summed E-state index contributed by atoms with van der Waals surface area (Å²) < 4.78 is 0. The van der Waals surface area contributed by atoms with Crippen molar-refractivity contribution in [1.82, 2.24) is 10.7 Å².